The normalized spacial score (nSPS) is 16.4. The molecule has 1 fully saturated rings. The van der Waals surface area contributed by atoms with Crippen molar-refractivity contribution < 1.29 is 0 Å². The molecular formula is C11H13N3O. The lowest BCUT2D eigenvalue weighted by molar-refractivity contribution is 0.949. The number of nitrogens with zero attached hydrogens (tertiary/aromatic N) is 1. The van der Waals surface area contributed by atoms with Crippen molar-refractivity contribution in [2.24, 2.45) is 0 Å². The van der Waals surface area contributed by atoms with E-state index in [1.807, 2.05) is 12.1 Å². The number of nitrogens with one attached hydrogen (secondary N) is 2. The van der Waals surface area contributed by atoms with Crippen LogP contribution in [0.3, 0.4) is 0 Å². The average Bonchev–Trinajstić information content (AvgIpc) is 2.88. The highest BCUT2D eigenvalue weighted by molar-refractivity contribution is 5.81. The molecule has 15 heavy (non-hydrogen) atoms. The minimum absolute atomic E-state index is 0.0361. The predicted molar refractivity (Wildman–Crippen MR) is 60.4 cm³/mol. The van der Waals surface area contributed by atoms with Crippen molar-refractivity contribution >= 4 is 16.6 Å². The summed E-state index contributed by atoms with van der Waals surface area (Å²) in [6, 6.07) is 5.99. The largest absolute Gasteiger partial charge is 0.372 e. The Bertz CT molecular complexity index is 534. The first kappa shape index (κ1) is 8.59. The van der Waals surface area contributed by atoms with Crippen molar-refractivity contribution in [3.05, 3.63) is 28.6 Å². The van der Waals surface area contributed by atoms with Crippen molar-refractivity contribution in [1.82, 2.24) is 10.2 Å². The monoisotopic (exact) mass is 203 g/mol. The molecule has 0 saturated carbocycles. The van der Waals surface area contributed by atoms with Gasteiger partial charge in [-0.3, -0.25) is 15.0 Å². The van der Waals surface area contributed by atoms with Gasteiger partial charge in [0.2, 0.25) is 0 Å². The van der Waals surface area contributed by atoms with Crippen molar-refractivity contribution in [2.45, 2.75) is 12.8 Å². The number of anilines is 1. The van der Waals surface area contributed by atoms with Gasteiger partial charge in [-0.1, -0.05) is 0 Å². The average molecular weight is 203 g/mol. The summed E-state index contributed by atoms with van der Waals surface area (Å²) < 4.78 is 0. The zero-order valence-electron chi connectivity index (χ0n) is 8.42. The maximum atomic E-state index is 11.4. The standard InChI is InChI=1S/C11H13N3O/c15-11-9-7-8(14-5-1-2-6-14)3-4-10(9)12-13-11/h3-4,7H,1-2,5-6H2,(H2,12,13,15). The van der Waals surface area contributed by atoms with Crippen LogP contribution in [-0.2, 0) is 0 Å². The second-order valence-electron chi connectivity index (χ2n) is 4.00. The molecule has 0 bridgehead atoms. The first-order valence-corrected chi connectivity index (χ1v) is 5.30. The second-order valence-corrected chi connectivity index (χ2v) is 4.00. The van der Waals surface area contributed by atoms with Gasteiger partial charge in [-0.2, -0.15) is 0 Å². The number of rotatable bonds is 1. The molecule has 1 aromatic heterocycles. The fraction of sp³-hybridized carbons (Fsp3) is 0.364. The molecular weight excluding hydrogens is 190 g/mol. The van der Waals surface area contributed by atoms with Gasteiger partial charge < -0.3 is 4.90 Å². The smallest absolute Gasteiger partial charge is 0.271 e. The fourth-order valence-electron chi connectivity index (χ4n) is 2.19. The lowest BCUT2D eigenvalue weighted by atomic mass is 10.2. The number of hydrogen-bond donors (Lipinski definition) is 2. The van der Waals surface area contributed by atoms with Crippen LogP contribution in [0.25, 0.3) is 10.9 Å². The lowest BCUT2D eigenvalue weighted by Crippen LogP contribution is -2.17. The zero-order valence-corrected chi connectivity index (χ0v) is 8.42. The molecule has 0 aliphatic carbocycles. The molecule has 1 aliphatic rings. The molecule has 1 saturated heterocycles. The molecule has 0 amide bonds. The van der Waals surface area contributed by atoms with Gasteiger partial charge >= 0.3 is 0 Å². The topological polar surface area (TPSA) is 51.9 Å². The quantitative estimate of drug-likeness (QED) is 0.737. The number of aromatic nitrogens is 2. The van der Waals surface area contributed by atoms with Gasteiger partial charge in [0.1, 0.15) is 0 Å². The minimum Gasteiger partial charge on any atom is -0.372 e. The van der Waals surface area contributed by atoms with E-state index < -0.39 is 0 Å². The predicted octanol–water partition coefficient (Wildman–Crippen LogP) is 1.46. The summed E-state index contributed by atoms with van der Waals surface area (Å²) in [4.78, 5) is 13.8. The Morgan fingerprint density at radius 1 is 1.13 bits per heavy atom. The zero-order chi connectivity index (χ0) is 10.3. The maximum Gasteiger partial charge on any atom is 0.271 e. The van der Waals surface area contributed by atoms with Crippen LogP contribution in [0.4, 0.5) is 5.69 Å². The van der Waals surface area contributed by atoms with Gasteiger partial charge in [-0.15, -0.1) is 0 Å². The minimum atomic E-state index is -0.0361. The maximum absolute atomic E-state index is 11.4. The highest BCUT2D eigenvalue weighted by Gasteiger charge is 2.13. The summed E-state index contributed by atoms with van der Waals surface area (Å²) in [5.41, 5.74) is 2.00. The van der Waals surface area contributed by atoms with Crippen LogP contribution in [0.15, 0.2) is 23.0 Å². The first-order chi connectivity index (χ1) is 7.34. The van der Waals surface area contributed by atoms with Gasteiger partial charge in [-0.25, -0.2) is 0 Å². The Morgan fingerprint density at radius 3 is 2.73 bits per heavy atom. The van der Waals surface area contributed by atoms with Crippen molar-refractivity contribution in [3.63, 3.8) is 0 Å². The molecule has 4 heteroatoms. The first-order valence-electron chi connectivity index (χ1n) is 5.30. The third-order valence-electron chi connectivity index (χ3n) is 3.03. The molecule has 0 atom stereocenters. The Balaban J connectivity index is 2.11. The third kappa shape index (κ3) is 1.33. The lowest BCUT2D eigenvalue weighted by Gasteiger charge is -2.17. The van der Waals surface area contributed by atoms with Gasteiger partial charge in [0.15, 0.2) is 0 Å². The van der Waals surface area contributed by atoms with E-state index in [1.54, 1.807) is 0 Å². The summed E-state index contributed by atoms with van der Waals surface area (Å²) in [5.74, 6) is 0. The molecule has 3 rings (SSSR count). The molecule has 2 aromatic rings. The van der Waals surface area contributed by atoms with Crippen LogP contribution in [0.5, 0.6) is 0 Å². The second kappa shape index (κ2) is 3.15. The Morgan fingerprint density at radius 2 is 1.93 bits per heavy atom. The Hall–Kier alpha value is -1.71. The van der Waals surface area contributed by atoms with Gasteiger partial charge in [0.25, 0.3) is 5.56 Å². The van der Waals surface area contributed by atoms with Gasteiger partial charge in [0.05, 0.1) is 10.9 Å². The van der Waals surface area contributed by atoms with Crippen molar-refractivity contribution in [1.29, 1.82) is 0 Å². The van der Waals surface area contributed by atoms with Crippen molar-refractivity contribution in [3.8, 4) is 0 Å². The van der Waals surface area contributed by atoms with E-state index in [1.165, 1.54) is 12.8 Å². The van der Waals surface area contributed by atoms with Gasteiger partial charge in [0, 0.05) is 18.8 Å². The van der Waals surface area contributed by atoms with Crippen LogP contribution in [0, 0.1) is 0 Å². The summed E-state index contributed by atoms with van der Waals surface area (Å²) in [7, 11) is 0. The number of benzene rings is 1. The Labute approximate surface area is 86.9 Å². The van der Waals surface area contributed by atoms with E-state index in [0.29, 0.717) is 0 Å². The summed E-state index contributed by atoms with van der Waals surface area (Å²) in [6.07, 6.45) is 2.50. The van der Waals surface area contributed by atoms with E-state index >= 15 is 0 Å². The van der Waals surface area contributed by atoms with Crippen LogP contribution < -0.4 is 10.5 Å². The molecule has 0 radical (unpaired) electrons. The summed E-state index contributed by atoms with van der Waals surface area (Å²) in [5, 5.41) is 6.19. The van der Waals surface area contributed by atoms with E-state index in [9.17, 15) is 4.79 Å². The number of H-pyrrole nitrogens is 2. The van der Waals surface area contributed by atoms with Crippen LogP contribution in [0.2, 0.25) is 0 Å². The van der Waals surface area contributed by atoms with E-state index in [4.69, 9.17) is 0 Å². The fourth-order valence-corrected chi connectivity index (χ4v) is 2.19. The van der Waals surface area contributed by atoms with E-state index in [0.717, 1.165) is 29.7 Å². The SMILES string of the molecule is O=c1[nH][nH]c2ccc(N3CCCC3)cc12. The molecule has 1 aromatic carbocycles. The molecule has 78 valence electrons. The number of fused-ring (bicyclic) bond motifs is 1. The van der Waals surface area contributed by atoms with Gasteiger partial charge in [-0.05, 0) is 31.0 Å². The molecule has 1 aliphatic heterocycles. The molecule has 0 spiro atoms. The highest BCUT2D eigenvalue weighted by atomic mass is 16.1. The number of aromatic amines is 2. The molecule has 4 nitrogen and oxygen atoms in total. The summed E-state index contributed by atoms with van der Waals surface area (Å²) >= 11 is 0. The highest BCUT2D eigenvalue weighted by Crippen LogP contribution is 2.22. The van der Waals surface area contributed by atoms with Crippen LogP contribution >= 0.6 is 0 Å². The Kier molecular flexibility index (Phi) is 1.80. The summed E-state index contributed by atoms with van der Waals surface area (Å²) in [6.45, 7) is 2.21. The third-order valence-corrected chi connectivity index (χ3v) is 3.03. The van der Waals surface area contributed by atoms with Crippen LogP contribution in [0.1, 0.15) is 12.8 Å². The molecule has 2 N–H and O–H groups in total. The van der Waals surface area contributed by atoms with Crippen LogP contribution in [-0.4, -0.2) is 23.3 Å². The number of hydrogen-bond acceptors (Lipinski definition) is 2. The van der Waals surface area contributed by atoms with E-state index in [2.05, 4.69) is 21.2 Å². The molecule has 0 unspecified atom stereocenters. The molecule has 2 heterocycles. The van der Waals surface area contributed by atoms with Crippen molar-refractivity contribution in [2.75, 3.05) is 18.0 Å². The van der Waals surface area contributed by atoms with E-state index in [-0.39, 0.29) is 5.56 Å².